The fourth-order valence-electron chi connectivity index (χ4n) is 3.14. The third-order valence-corrected chi connectivity index (χ3v) is 4.62. The second kappa shape index (κ2) is 13.4. The van der Waals surface area contributed by atoms with Crippen LogP contribution in [0, 0.1) is 5.82 Å². The molecule has 1 atom stereocenters. The minimum Gasteiger partial charge on any atom is -0.497 e. The first-order chi connectivity index (χ1) is 14.4. The van der Waals surface area contributed by atoms with Crippen LogP contribution in [-0.4, -0.2) is 45.7 Å². The van der Waals surface area contributed by atoms with Crippen molar-refractivity contribution in [1.82, 2.24) is 15.5 Å². The van der Waals surface area contributed by atoms with Gasteiger partial charge in [0.1, 0.15) is 17.3 Å². The summed E-state index contributed by atoms with van der Waals surface area (Å²) in [5.41, 5.74) is 2.59. The molecule has 31 heavy (non-hydrogen) atoms. The molecule has 0 saturated carbocycles. The molecule has 0 spiro atoms. The van der Waals surface area contributed by atoms with Crippen LogP contribution in [-0.2, 0) is 13.1 Å². The second-order valence-electron chi connectivity index (χ2n) is 7.33. The number of methoxy groups -OCH3 is 2. The molecule has 0 amide bonds. The van der Waals surface area contributed by atoms with Crippen molar-refractivity contribution < 1.29 is 13.9 Å². The number of hydrogen-bond donors (Lipinski definition) is 2. The molecule has 0 heterocycles. The van der Waals surface area contributed by atoms with Crippen LogP contribution in [0.25, 0.3) is 0 Å². The van der Waals surface area contributed by atoms with Crippen LogP contribution in [0.15, 0.2) is 41.4 Å². The highest BCUT2D eigenvalue weighted by Crippen LogP contribution is 2.29. The Morgan fingerprint density at radius 1 is 1.13 bits per heavy atom. The number of ether oxygens (including phenoxy) is 2. The lowest BCUT2D eigenvalue weighted by Gasteiger charge is -2.21. The highest BCUT2D eigenvalue weighted by Gasteiger charge is 2.14. The zero-order chi connectivity index (χ0) is 22.1. The van der Waals surface area contributed by atoms with Crippen molar-refractivity contribution in [3.8, 4) is 11.5 Å². The highest BCUT2D eigenvalue weighted by molar-refractivity contribution is 14.0. The molecule has 0 aromatic heterocycles. The number of nitrogens with zero attached hydrogens (tertiary/aromatic N) is 2. The van der Waals surface area contributed by atoms with Crippen molar-refractivity contribution in [2.24, 2.45) is 4.99 Å². The lowest BCUT2D eigenvalue weighted by Crippen LogP contribution is -2.38. The van der Waals surface area contributed by atoms with Gasteiger partial charge in [-0.05, 0) is 63.8 Å². The highest BCUT2D eigenvalue weighted by atomic mass is 127. The summed E-state index contributed by atoms with van der Waals surface area (Å²) in [7, 11) is 7.14. The maximum absolute atomic E-state index is 14.0. The Balaban J connectivity index is 0.00000480. The number of aliphatic imine (C=N–C) groups is 1. The molecule has 2 rings (SSSR count). The van der Waals surface area contributed by atoms with E-state index in [9.17, 15) is 4.39 Å². The van der Waals surface area contributed by atoms with Crippen LogP contribution in [0.4, 0.5) is 4.39 Å². The standard InChI is InChI=1S/C23H33FN4O2.HI/c1-7-25-23(26-14-17-8-10-21(24)18(12-17)15-28(3)4)27-16(2)20-13-19(29-5)9-11-22(20)30-6;/h8-13,16H,7,14-15H2,1-6H3,(H2,25,26,27);1H. The normalized spacial score (nSPS) is 12.2. The fraction of sp³-hybridized carbons (Fsp3) is 0.435. The van der Waals surface area contributed by atoms with Gasteiger partial charge in [-0.25, -0.2) is 9.38 Å². The van der Waals surface area contributed by atoms with Gasteiger partial charge in [0, 0.05) is 24.2 Å². The fourth-order valence-corrected chi connectivity index (χ4v) is 3.14. The summed E-state index contributed by atoms with van der Waals surface area (Å²) in [6.45, 7) is 5.77. The Kier molecular flexibility index (Phi) is 11.6. The summed E-state index contributed by atoms with van der Waals surface area (Å²) in [6.07, 6.45) is 0. The minimum atomic E-state index is -0.194. The van der Waals surface area contributed by atoms with E-state index in [1.54, 1.807) is 20.3 Å². The van der Waals surface area contributed by atoms with E-state index >= 15 is 0 Å². The van der Waals surface area contributed by atoms with Gasteiger partial charge in [0.2, 0.25) is 0 Å². The van der Waals surface area contributed by atoms with Crippen LogP contribution in [0.1, 0.15) is 36.6 Å². The van der Waals surface area contributed by atoms with E-state index in [1.165, 1.54) is 6.07 Å². The molecule has 0 aliphatic rings. The second-order valence-corrected chi connectivity index (χ2v) is 7.33. The van der Waals surface area contributed by atoms with Gasteiger partial charge in [0.25, 0.3) is 0 Å². The summed E-state index contributed by atoms with van der Waals surface area (Å²) in [6, 6.07) is 10.8. The van der Waals surface area contributed by atoms with Gasteiger partial charge < -0.3 is 25.0 Å². The first-order valence-electron chi connectivity index (χ1n) is 10.1. The molecular weight excluding hydrogens is 510 g/mol. The van der Waals surface area contributed by atoms with Crippen LogP contribution in [0.5, 0.6) is 11.5 Å². The molecule has 0 radical (unpaired) electrons. The van der Waals surface area contributed by atoms with Gasteiger partial charge in [-0.1, -0.05) is 6.07 Å². The molecule has 172 valence electrons. The van der Waals surface area contributed by atoms with Gasteiger partial charge >= 0.3 is 0 Å². The molecule has 2 aromatic carbocycles. The average molecular weight is 544 g/mol. The van der Waals surface area contributed by atoms with E-state index in [0.717, 1.165) is 29.2 Å². The molecule has 0 aliphatic carbocycles. The maximum atomic E-state index is 14.0. The topological polar surface area (TPSA) is 58.1 Å². The molecule has 0 saturated heterocycles. The smallest absolute Gasteiger partial charge is 0.192 e. The first-order valence-corrected chi connectivity index (χ1v) is 10.1. The summed E-state index contributed by atoms with van der Waals surface area (Å²) >= 11 is 0. The summed E-state index contributed by atoms with van der Waals surface area (Å²) in [5, 5.41) is 6.67. The Hall–Kier alpha value is -2.07. The number of nitrogens with one attached hydrogen (secondary N) is 2. The van der Waals surface area contributed by atoms with Crippen LogP contribution >= 0.6 is 24.0 Å². The van der Waals surface area contributed by atoms with Crippen molar-refractivity contribution in [1.29, 1.82) is 0 Å². The first kappa shape index (κ1) is 27.0. The number of hydrogen-bond acceptors (Lipinski definition) is 4. The Bertz CT molecular complexity index is 861. The van der Waals surface area contributed by atoms with Gasteiger partial charge in [-0.3, -0.25) is 0 Å². The van der Waals surface area contributed by atoms with Crippen molar-refractivity contribution in [3.63, 3.8) is 0 Å². The van der Waals surface area contributed by atoms with Crippen molar-refractivity contribution in [2.45, 2.75) is 33.0 Å². The lowest BCUT2D eigenvalue weighted by atomic mass is 10.1. The molecule has 0 bridgehead atoms. The minimum absolute atomic E-state index is 0. The largest absolute Gasteiger partial charge is 0.497 e. The van der Waals surface area contributed by atoms with Gasteiger partial charge in [0.15, 0.2) is 5.96 Å². The zero-order valence-electron chi connectivity index (χ0n) is 19.2. The number of guanidine groups is 1. The zero-order valence-corrected chi connectivity index (χ0v) is 21.5. The number of rotatable bonds is 9. The monoisotopic (exact) mass is 544 g/mol. The maximum Gasteiger partial charge on any atom is 0.192 e. The Morgan fingerprint density at radius 3 is 2.48 bits per heavy atom. The lowest BCUT2D eigenvalue weighted by molar-refractivity contribution is 0.392. The van der Waals surface area contributed by atoms with E-state index in [1.807, 2.05) is 57.1 Å². The predicted molar refractivity (Wildman–Crippen MR) is 135 cm³/mol. The van der Waals surface area contributed by atoms with E-state index in [4.69, 9.17) is 9.47 Å². The molecule has 0 fully saturated rings. The van der Waals surface area contributed by atoms with Crippen molar-refractivity contribution in [2.75, 3.05) is 34.9 Å². The van der Waals surface area contributed by atoms with Gasteiger partial charge in [-0.15, -0.1) is 24.0 Å². The molecular formula is C23H34FIN4O2. The van der Waals surface area contributed by atoms with Gasteiger partial charge in [0.05, 0.1) is 26.8 Å². The number of halogens is 2. The van der Waals surface area contributed by atoms with E-state index in [-0.39, 0.29) is 35.8 Å². The molecule has 0 aliphatic heterocycles. The van der Waals surface area contributed by atoms with Gasteiger partial charge in [-0.2, -0.15) is 0 Å². The molecule has 2 aromatic rings. The summed E-state index contributed by atoms with van der Waals surface area (Å²) in [5.74, 6) is 2.02. The SMILES string of the molecule is CCNC(=NCc1ccc(F)c(CN(C)C)c1)NC(C)c1cc(OC)ccc1OC.I. The average Bonchev–Trinajstić information content (AvgIpc) is 2.73. The third kappa shape index (κ3) is 8.17. The van der Waals surface area contributed by atoms with E-state index in [2.05, 4.69) is 15.6 Å². The quantitative estimate of drug-likeness (QED) is 0.280. The van der Waals surface area contributed by atoms with E-state index in [0.29, 0.717) is 24.6 Å². The van der Waals surface area contributed by atoms with E-state index < -0.39 is 0 Å². The molecule has 2 N–H and O–H groups in total. The molecule has 8 heteroatoms. The molecule has 6 nitrogen and oxygen atoms in total. The van der Waals surface area contributed by atoms with Crippen molar-refractivity contribution >= 4 is 29.9 Å². The van der Waals surface area contributed by atoms with Crippen molar-refractivity contribution in [3.05, 3.63) is 58.9 Å². The predicted octanol–water partition coefficient (Wildman–Crippen LogP) is 4.34. The third-order valence-electron chi connectivity index (χ3n) is 4.62. The van der Waals surface area contributed by atoms with Crippen LogP contribution in [0.2, 0.25) is 0 Å². The Morgan fingerprint density at radius 2 is 1.87 bits per heavy atom. The van der Waals surface area contributed by atoms with Crippen LogP contribution in [0.3, 0.4) is 0 Å². The Labute approximate surface area is 202 Å². The summed E-state index contributed by atoms with van der Waals surface area (Å²) in [4.78, 5) is 6.63. The summed E-state index contributed by atoms with van der Waals surface area (Å²) < 4.78 is 24.9. The van der Waals surface area contributed by atoms with Crippen LogP contribution < -0.4 is 20.1 Å². The number of benzene rings is 2. The molecule has 1 unspecified atom stereocenters.